The summed E-state index contributed by atoms with van der Waals surface area (Å²) in [5.41, 5.74) is 7.30. The first-order chi connectivity index (χ1) is 9.61. The predicted octanol–water partition coefficient (Wildman–Crippen LogP) is 1.77. The van der Waals surface area contributed by atoms with Crippen LogP contribution in [0.2, 0.25) is 0 Å². The lowest BCUT2D eigenvalue weighted by Crippen LogP contribution is -2.29. The SMILES string of the molecule is COc1ccc([C@H](N)C(=O)O)cc1CN1CCCCC1. The van der Waals surface area contributed by atoms with Crippen molar-refractivity contribution in [3.63, 3.8) is 0 Å². The molecule has 5 heteroatoms. The molecule has 1 aliphatic rings. The summed E-state index contributed by atoms with van der Waals surface area (Å²) in [4.78, 5) is 13.4. The van der Waals surface area contributed by atoms with E-state index in [-0.39, 0.29) is 0 Å². The Labute approximate surface area is 119 Å². The highest BCUT2D eigenvalue weighted by atomic mass is 16.5. The van der Waals surface area contributed by atoms with Crippen molar-refractivity contribution < 1.29 is 14.6 Å². The molecule has 1 heterocycles. The first-order valence-corrected chi connectivity index (χ1v) is 6.99. The molecule has 0 aromatic heterocycles. The summed E-state index contributed by atoms with van der Waals surface area (Å²) in [7, 11) is 1.63. The van der Waals surface area contributed by atoms with E-state index in [1.54, 1.807) is 19.2 Å². The van der Waals surface area contributed by atoms with Gasteiger partial charge in [-0.05, 0) is 43.6 Å². The zero-order valence-electron chi connectivity index (χ0n) is 11.8. The second kappa shape index (κ2) is 6.72. The second-order valence-electron chi connectivity index (χ2n) is 5.22. The molecule has 5 nitrogen and oxygen atoms in total. The number of nitrogens with zero attached hydrogens (tertiary/aromatic N) is 1. The number of aliphatic carboxylic acids is 1. The normalized spacial score (nSPS) is 17.7. The number of hydrogen-bond donors (Lipinski definition) is 2. The van der Waals surface area contributed by atoms with Crippen molar-refractivity contribution in [3.05, 3.63) is 29.3 Å². The summed E-state index contributed by atoms with van der Waals surface area (Å²) in [5, 5.41) is 9.01. The number of nitrogens with two attached hydrogens (primary N) is 1. The third-order valence-corrected chi connectivity index (χ3v) is 3.77. The first kappa shape index (κ1) is 14.8. The summed E-state index contributed by atoms with van der Waals surface area (Å²) >= 11 is 0. The Morgan fingerprint density at radius 3 is 2.70 bits per heavy atom. The van der Waals surface area contributed by atoms with Crippen LogP contribution in [0.4, 0.5) is 0 Å². The molecule has 0 spiro atoms. The largest absolute Gasteiger partial charge is 0.496 e. The summed E-state index contributed by atoms with van der Waals surface area (Å²) in [6.45, 7) is 2.94. The van der Waals surface area contributed by atoms with Crippen LogP contribution in [0.3, 0.4) is 0 Å². The van der Waals surface area contributed by atoms with Gasteiger partial charge in [0, 0.05) is 12.1 Å². The smallest absolute Gasteiger partial charge is 0.325 e. The fraction of sp³-hybridized carbons (Fsp3) is 0.533. The average molecular weight is 278 g/mol. The third-order valence-electron chi connectivity index (χ3n) is 3.77. The molecule has 0 bridgehead atoms. The van der Waals surface area contributed by atoms with Crippen molar-refractivity contribution in [3.8, 4) is 5.75 Å². The summed E-state index contributed by atoms with van der Waals surface area (Å²) in [6, 6.07) is 4.39. The number of likely N-dealkylation sites (tertiary alicyclic amines) is 1. The van der Waals surface area contributed by atoms with Crippen molar-refractivity contribution in [2.75, 3.05) is 20.2 Å². The molecule has 1 aliphatic heterocycles. The number of carbonyl (C=O) groups is 1. The van der Waals surface area contributed by atoms with E-state index in [1.807, 2.05) is 6.07 Å². The molecule has 1 aromatic carbocycles. The summed E-state index contributed by atoms with van der Waals surface area (Å²) in [5.74, 6) is -0.226. The molecule has 0 amide bonds. The standard InChI is InChI=1S/C15H22N2O3/c1-20-13-6-5-11(14(16)15(18)19)9-12(13)10-17-7-3-2-4-8-17/h5-6,9,14H,2-4,7-8,10,16H2,1H3,(H,18,19)/t14-/m0/s1. The second-order valence-corrected chi connectivity index (χ2v) is 5.22. The van der Waals surface area contributed by atoms with Crippen LogP contribution in [0.25, 0.3) is 0 Å². The molecule has 0 radical (unpaired) electrons. The van der Waals surface area contributed by atoms with Crippen LogP contribution in [0.15, 0.2) is 18.2 Å². The maximum atomic E-state index is 11.0. The number of methoxy groups -OCH3 is 1. The van der Waals surface area contributed by atoms with E-state index in [1.165, 1.54) is 19.3 Å². The Hall–Kier alpha value is -1.59. The molecular weight excluding hydrogens is 256 g/mol. The molecule has 2 rings (SSSR count). The number of carboxylic acid groups (broad SMARTS) is 1. The Morgan fingerprint density at radius 2 is 2.10 bits per heavy atom. The molecule has 3 N–H and O–H groups in total. The van der Waals surface area contributed by atoms with Gasteiger partial charge in [0.25, 0.3) is 0 Å². The fourth-order valence-electron chi connectivity index (χ4n) is 2.62. The Kier molecular flexibility index (Phi) is 4.98. The Morgan fingerprint density at radius 1 is 1.40 bits per heavy atom. The van der Waals surface area contributed by atoms with Gasteiger partial charge in [0.15, 0.2) is 0 Å². The first-order valence-electron chi connectivity index (χ1n) is 6.99. The van der Waals surface area contributed by atoms with Gasteiger partial charge in [0.2, 0.25) is 0 Å². The third kappa shape index (κ3) is 3.49. The van der Waals surface area contributed by atoms with Gasteiger partial charge in [0.1, 0.15) is 11.8 Å². The summed E-state index contributed by atoms with van der Waals surface area (Å²) < 4.78 is 5.37. The van der Waals surface area contributed by atoms with Crippen LogP contribution in [0.5, 0.6) is 5.75 Å². The van der Waals surface area contributed by atoms with E-state index in [2.05, 4.69) is 4.90 Å². The van der Waals surface area contributed by atoms with Crippen LogP contribution in [0, 0.1) is 0 Å². The van der Waals surface area contributed by atoms with Crippen LogP contribution in [0.1, 0.15) is 36.4 Å². The highest BCUT2D eigenvalue weighted by Gasteiger charge is 2.18. The molecule has 1 saturated heterocycles. The minimum Gasteiger partial charge on any atom is -0.496 e. The number of hydrogen-bond acceptors (Lipinski definition) is 4. The van der Waals surface area contributed by atoms with Crippen molar-refractivity contribution in [1.29, 1.82) is 0 Å². The van der Waals surface area contributed by atoms with Crippen LogP contribution < -0.4 is 10.5 Å². The van der Waals surface area contributed by atoms with E-state index in [0.29, 0.717) is 5.56 Å². The van der Waals surface area contributed by atoms with E-state index < -0.39 is 12.0 Å². The zero-order chi connectivity index (χ0) is 14.5. The number of piperidine rings is 1. The van der Waals surface area contributed by atoms with Crippen molar-refractivity contribution >= 4 is 5.97 Å². The summed E-state index contributed by atoms with van der Waals surface area (Å²) in [6.07, 6.45) is 3.73. The number of ether oxygens (including phenoxy) is 1. The van der Waals surface area contributed by atoms with Crippen molar-refractivity contribution in [2.45, 2.75) is 31.8 Å². The molecule has 1 aromatic rings. The minimum atomic E-state index is -1.01. The lowest BCUT2D eigenvalue weighted by Gasteiger charge is -2.27. The van der Waals surface area contributed by atoms with Gasteiger partial charge in [-0.15, -0.1) is 0 Å². The van der Waals surface area contributed by atoms with Crippen LogP contribution >= 0.6 is 0 Å². The van der Waals surface area contributed by atoms with E-state index in [0.717, 1.165) is 30.9 Å². The Bertz CT molecular complexity index is 470. The molecule has 1 atom stereocenters. The highest BCUT2D eigenvalue weighted by Crippen LogP contribution is 2.25. The molecule has 110 valence electrons. The lowest BCUT2D eigenvalue weighted by atomic mass is 10.0. The molecule has 20 heavy (non-hydrogen) atoms. The van der Waals surface area contributed by atoms with Gasteiger partial charge in [0.05, 0.1) is 7.11 Å². The molecule has 1 fully saturated rings. The zero-order valence-corrected chi connectivity index (χ0v) is 11.8. The maximum absolute atomic E-state index is 11.0. The molecule has 0 saturated carbocycles. The maximum Gasteiger partial charge on any atom is 0.325 e. The number of rotatable bonds is 5. The van der Waals surface area contributed by atoms with Gasteiger partial charge in [-0.3, -0.25) is 9.69 Å². The number of benzene rings is 1. The predicted molar refractivity (Wildman–Crippen MR) is 76.7 cm³/mol. The Balaban J connectivity index is 2.19. The quantitative estimate of drug-likeness (QED) is 0.858. The average Bonchev–Trinajstić information content (AvgIpc) is 2.47. The molecule has 0 unspecified atom stereocenters. The molecule has 0 aliphatic carbocycles. The minimum absolute atomic E-state index is 0.616. The van der Waals surface area contributed by atoms with Gasteiger partial charge < -0.3 is 15.6 Å². The van der Waals surface area contributed by atoms with E-state index in [9.17, 15) is 4.79 Å². The highest BCUT2D eigenvalue weighted by molar-refractivity contribution is 5.75. The fourth-order valence-corrected chi connectivity index (χ4v) is 2.62. The van der Waals surface area contributed by atoms with Crippen LogP contribution in [-0.2, 0) is 11.3 Å². The van der Waals surface area contributed by atoms with Crippen molar-refractivity contribution in [2.24, 2.45) is 5.73 Å². The van der Waals surface area contributed by atoms with Gasteiger partial charge >= 0.3 is 5.97 Å². The van der Waals surface area contributed by atoms with Crippen LogP contribution in [-0.4, -0.2) is 36.2 Å². The monoisotopic (exact) mass is 278 g/mol. The number of carboxylic acids is 1. The topological polar surface area (TPSA) is 75.8 Å². The van der Waals surface area contributed by atoms with E-state index in [4.69, 9.17) is 15.6 Å². The van der Waals surface area contributed by atoms with Gasteiger partial charge in [-0.25, -0.2) is 0 Å². The van der Waals surface area contributed by atoms with Gasteiger partial charge in [-0.1, -0.05) is 12.5 Å². The van der Waals surface area contributed by atoms with Crippen molar-refractivity contribution in [1.82, 2.24) is 4.90 Å². The lowest BCUT2D eigenvalue weighted by molar-refractivity contribution is -0.138. The van der Waals surface area contributed by atoms with Gasteiger partial charge in [-0.2, -0.15) is 0 Å². The molecular formula is C15H22N2O3. The van der Waals surface area contributed by atoms with E-state index >= 15 is 0 Å².